The van der Waals surface area contributed by atoms with Crippen LogP contribution in [0.4, 0.5) is 10.1 Å². The molecule has 0 amide bonds. The Labute approximate surface area is 188 Å². The van der Waals surface area contributed by atoms with Crippen LogP contribution in [0.15, 0.2) is 47.4 Å². The molecule has 1 aromatic heterocycles. The van der Waals surface area contributed by atoms with Crippen LogP contribution in [0.25, 0.3) is 10.9 Å². The summed E-state index contributed by atoms with van der Waals surface area (Å²) in [4.78, 5) is 27.8. The number of alkyl halides is 1. The molecule has 1 atom stereocenters. The van der Waals surface area contributed by atoms with Gasteiger partial charge in [0.25, 0.3) is 0 Å². The lowest BCUT2D eigenvalue weighted by Crippen LogP contribution is -2.40. The third-order valence-corrected chi connectivity index (χ3v) is 6.15. The molecule has 2 aliphatic rings. The predicted octanol–water partition coefficient (Wildman–Crippen LogP) is 3.23. The molecule has 7 nitrogen and oxygen atoms in total. The first kappa shape index (κ1) is 20.6. The van der Waals surface area contributed by atoms with Crippen molar-refractivity contribution in [2.75, 3.05) is 36.8 Å². The van der Waals surface area contributed by atoms with Gasteiger partial charge in [-0.3, -0.25) is 14.5 Å². The Hall–Kier alpha value is -3.26. The van der Waals surface area contributed by atoms with Gasteiger partial charge in [-0.15, -0.1) is 11.6 Å². The fraction of sp³-hybridized carbons (Fsp3) is 0.304. The van der Waals surface area contributed by atoms with Crippen molar-refractivity contribution in [3.63, 3.8) is 0 Å². The molecule has 166 valence electrons. The first-order valence-corrected chi connectivity index (χ1v) is 10.7. The van der Waals surface area contributed by atoms with Gasteiger partial charge in [0, 0.05) is 26.3 Å². The van der Waals surface area contributed by atoms with Crippen molar-refractivity contribution in [3.8, 4) is 5.75 Å². The van der Waals surface area contributed by atoms with Crippen molar-refractivity contribution in [1.29, 1.82) is 0 Å². The Morgan fingerprint density at radius 3 is 2.81 bits per heavy atom. The summed E-state index contributed by atoms with van der Waals surface area (Å²) in [6.07, 6.45) is 2.16. The number of hydrogen-bond acceptors (Lipinski definition) is 6. The molecule has 0 saturated carbocycles. The molecule has 1 unspecified atom stereocenters. The van der Waals surface area contributed by atoms with Crippen molar-refractivity contribution >= 4 is 34.2 Å². The highest BCUT2D eigenvalue weighted by molar-refractivity contribution is 6.21. The van der Waals surface area contributed by atoms with E-state index in [1.807, 2.05) is 35.2 Å². The third kappa shape index (κ3) is 3.44. The number of nitrogens with zero attached hydrogens (tertiary/aromatic N) is 3. The van der Waals surface area contributed by atoms with Crippen LogP contribution in [-0.4, -0.2) is 42.9 Å². The Kier molecular flexibility index (Phi) is 5.17. The summed E-state index contributed by atoms with van der Waals surface area (Å²) < 4.78 is 28.1. The van der Waals surface area contributed by atoms with Crippen LogP contribution in [-0.2, 0) is 11.3 Å². The van der Waals surface area contributed by atoms with Crippen LogP contribution >= 0.6 is 11.6 Å². The molecular formula is C23H21ClFN3O4. The molecule has 0 N–H and O–H groups in total. The molecule has 32 heavy (non-hydrogen) atoms. The Morgan fingerprint density at radius 2 is 2.09 bits per heavy atom. The van der Waals surface area contributed by atoms with E-state index in [1.165, 1.54) is 12.3 Å². The zero-order valence-electron chi connectivity index (χ0n) is 17.4. The van der Waals surface area contributed by atoms with Crippen LogP contribution < -0.4 is 20.1 Å². The number of ether oxygens (including phenoxy) is 2. The molecular weight excluding hydrogens is 437 g/mol. The summed E-state index contributed by atoms with van der Waals surface area (Å²) in [7, 11) is 1.75. The number of halogens is 2. The minimum Gasteiger partial charge on any atom is -0.467 e. The first-order chi connectivity index (χ1) is 15.4. The monoisotopic (exact) mass is 457 g/mol. The van der Waals surface area contributed by atoms with E-state index in [9.17, 15) is 9.59 Å². The summed E-state index contributed by atoms with van der Waals surface area (Å²) in [6, 6.07) is 10.3. The van der Waals surface area contributed by atoms with Gasteiger partial charge in [-0.25, -0.2) is 9.18 Å². The van der Waals surface area contributed by atoms with E-state index in [0.717, 1.165) is 12.0 Å². The number of carbonyl (C=O) groups excluding carboxylic acids is 1. The molecule has 0 bridgehead atoms. The standard InChI is InChI=1S/C23H21ClFN3O4/c1-26-13-32-22-19-16(9-18(25)20(22)27-8-7-15(24)10-27)21(29)17(11-28(19)26)23(30)31-12-14-5-3-2-4-6-14/h2-6,9,11,15H,7-8,10,12-13H2,1H3. The van der Waals surface area contributed by atoms with E-state index >= 15 is 4.39 Å². The molecule has 2 aromatic carbocycles. The van der Waals surface area contributed by atoms with Gasteiger partial charge in [0.2, 0.25) is 5.43 Å². The number of anilines is 1. The summed E-state index contributed by atoms with van der Waals surface area (Å²) in [5.41, 5.74) is 0.743. The Balaban J connectivity index is 1.60. The minimum absolute atomic E-state index is 0.0310. The topological polar surface area (TPSA) is 64.0 Å². The Bertz CT molecular complexity index is 1260. The highest BCUT2D eigenvalue weighted by Crippen LogP contribution is 2.41. The van der Waals surface area contributed by atoms with E-state index in [2.05, 4.69) is 0 Å². The fourth-order valence-electron chi connectivity index (χ4n) is 4.19. The number of carbonyl (C=O) groups is 1. The molecule has 0 aliphatic carbocycles. The van der Waals surface area contributed by atoms with Gasteiger partial charge in [-0.05, 0) is 18.1 Å². The summed E-state index contributed by atoms with van der Waals surface area (Å²) in [6.45, 7) is 1.24. The Morgan fingerprint density at radius 1 is 1.31 bits per heavy atom. The summed E-state index contributed by atoms with van der Waals surface area (Å²) in [5.74, 6) is -1.06. The summed E-state index contributed by atoms with van der Waals surface area (Å²) >= 11 is 6.23. The van der Waals surface area contributed by atoms with Crippen molar-refractivity contribution in [1.82, 2.24) is 4.68 Å². The normalized spacial score (nSPS) is 17.5. The van der Waals surface area contributed by atoms with Gasteiger partial charge in [0.15, 0.2) is 18.3 Å². The van der Waals surface area contributed by atoms with Crippen LogP contribution in [0.2, 0.25) is 0 Å². The molecule has 1 fully saturated rings. The SMILES string of the molecule is CN1COc2c(N3CCC(Cl)C3)c(F)cc3c(=O)c(C(=O)OCc4ccccc4)cn1c23. The number of benzene rings is 2. The second-order valence-corrected chi connectivity index (χ2v) is 8.59. The number of esters is 1. The van der Waals surface area contributed by atoms with E-state index < -0.39 is 17.2 Å². The third-order valence-electron chi connectivity index (χ3n) is 5.80. The maximum atomic E-state index is 15.2. The number of aromatic nitrogens is 1. The molecule has 1 saturated heterocycles. The highest BCUT2D eigenvalue weighted by atomic mass is 35.5. The fourth-order valence-corrected chi connectivity index (χ4v) is 4.45. The molecule has 9 heteroatoms. The largest absolute Gasteiger partial charge is 0.467 e. The molecule has 2 aliphatic heterocycles. The number of pyridine rings is 1. The smallest absolute Gasteiger partial charge is 0.344 e. The number of hydrogen-bond donors (Lipinski definition) is 0. The zero-order valence-corrected chi connectivity index (χ0v) is 18.1. The summed E-state index contributed by atoms with van der Waals surface area (Å²) in [5, 5.41) is 1.68. The molecule has 3 aromatic rings. The lowest BCUT2D eigenvalue weighted by Gasteiger charge is -2.33. The van der Waals surface area contributed by atoms with E-state index in [0.29, 0.717) is 24.3 Å². The van der Waals surface area contributed by atoms with E-state index in [1.54, 1.807) is 16.7 Å². The first-order valence-electron chi connectivity index (χ1n) is 10.3. The maximum absolute atomic E-state index is 15.2. The van der Waals surface area contributed by atoms with Gasteiger partial charge in [-0.2, -0.15) is 0 Å². The van der Waals surface area contributed by atoms with Crippen molar-refractivity contribution in [2.45, 2.75) is 18.4 Å². The molecule has 5 rings (SSSR count). The minimum atomic E-state index is -0.764. The van der Waals surface area contributed by atoms with E-state index in [-0.39, 0.29) is 35.4 Å². The van der Waals surface area contributed by atoms with Gasteiger partial charge in [0.1, 0.15) is 23.4 Å². The quantitative estimate of drug-likeness (QED) is 0.443. The van der Waals surface area contributed by atoms with Crippen LogP contribution in [0, 0.1) is 5.82 Å². The second kappa shape index (κ2) is 8.02. The maximum Gasteiger partial charge on any atom is 0.344 e. The second-order valence-electron chi connectivity index (χ2n) is 7.97. The highest BCUT2D eigenvalue weighted by Gasteiger charge is 2.32. The lowest BCUT2D eigenvalue weighted by atomic mass is 10.1. The van der Waals surface area contributed by atoms with Crippen LogP contribution in [0.1, 0.15) is 22.3 Å². The van der Waals surface area contributed by atoms with Crippen molar-refractivity contribution in [3.05, 3.63) is 69.8 Å². The van der Waals surface area contributed by atoms with Gasteiger partial charge >= 0.3 is 5.97 Å². The average Bonchev–Trinajstić information content (AvgIpc) is 3.22. The molecule has 0 radical (unpaired) electrons. The number of rotatable bonds is 4. The van der Waals surface area contributed by atoms with Crippen LogP contribution in [0.5, 0.6) is 5.75 Å². The lowest BCUT2D eigenvalue weighted by molar-refractivity contribution is 0.0470. The van der Waals surface area contributed by atoms with Crippen molar-refractivity contribution < 1.29 is 18.7 Å². The molecule has 0 spiro atoms. The predicted molar refractivity (Wildman–Crippen MR) is 120 cm³/mol. The molecule has 3 heterocycles. The van der Waals surface area contributed by atoms with Crippen LogP contribution in [0.3, 0.4) is 0 Å². The van der Waals surface area contributed by atoms with Gasteiger partial charge < -0.3 is 14.4 Å². The van der Waals surface area contributed by atoms with Gasteiger partial charge in [-0.1, -0.05) is 30.3 Å². The van der Waals surface area contributed by atoms with Gasteiger partial charge in [0.05, 0.1) is 10.8 Å². The van der Waals surface area contributed by atoms with E-state index in [4.69, 9.17) is 21.1 Å². The van der Waals surface area contributed by atoms with Crippen molar-refractivity contribution in [2.24, 2.45) is 0 Å². The zero-order chi connectivity index (χ0) is 22.4. The average molecular weight is 458 g/mol.